The average Bonchev–Trinajstić information content (AvgIpc) is 2.69. The first-order chi connectivity index (χ1) is 7.33. The highest BCUT2D eigenvalue weighted by Crippen LogP contribution is 2.72. The SMILES string of the molecule is C[C@@H]1CC[C@@H]2C(C)(C)[C@H](O)[C@]3(C)CC[C@]12C3. The summed E-state index contributed by atoms with van der Waals surface area (Å²) in [5.74, 6) is 1.65. The van der Waals surface area contributed by atoms with Crippen LogP contribution >= 0.6 is 0 Å². The Balaban J connectivity index is 2.10. The summed E-state index contributed by atoms with van der Waals surface area (Å²) in [7, 11) is 0. The van der Waals surface area contributed by atoms with Crippen LogP contribution in [0.1, 0.15) is 59.8 Å². The van der Waals surface area contributed by atoms with Gasteiger partial charge in [0.15, 0.2) is 0 Å². The van der Waals surface area contributed by atoms with Crippen LogP contribution in [0.2, 0.25) is 0 Å². The number of rotatable bonds is 0. The van der Waals surface area contributed by atoms with Gasteiger partial charge in [-0.1, -0.05) is 27.7 Å². The third kappa shape index (κ3) is 1.02. The number of aliphatic hydroxyl groups excluding tert-OH is 1. The Morgan fingerprint density at radius 1 is 1.06 bits per heavy atom. The summed E-state index contributed by atoms with van der Waals surface area (Å²) in [4.78, 5) is 0. The Hall–Kier alpha value is -0.0400. The fourth-order valence-corrected chi connectivity index (χ4v) is 5.93. The first-order valence-electron chi connectivity index (χ1n) is 7.01. The molecule has 1 spiro atoms. The van der Waals surface area contributed by atoms with Crippen molar-refractivity contribution in [3.8, 4) is 0 Å². The predicted octanol–water partition coefficient (Wildman–Crippen LogP) is 3.61. The molecule has 0 unspecified atom stereocenters. The van der Waals surface area contributed by atoms with Crippen LogP contribution < -0.4 is 0 Å². The molecule has 92 valence electrons. The molecule has 2 bridgehead atoms. The highest BCUT2D eigenvalue weighted by atomic mass is 16.3. The Morgan fingerprint density at radius 2 is 1.75 bits per heavy atom. The van der Waals surface area contributed by atoms with Gasteiger partial charge >= 0.3 is 0 Å². The second kappa shape index (κ2) is 2.85. The minimum Gasteiger partial charge on any atom is -0.392 e. The van der Waals surface area contributed by atoms with E-state index in [4.69, 9.17) is 0 Å². The Labute approximate surface area is 99.6 Å². The summed E-state index contributed by atoms with van der Waals surface area (Å²) in [5.41, 5.74) is 0.921. The minimum atomic E-state index is -0.0917. The fraction of sp³-hybridized carbons (Fsp3) is 1.00. The van der Waals surface area contributed by atoms with Crippen molar-refractivity contribution in [3.05, 3.63) is 0 Å². The summed E-state index contributed by atoms with van der Waals surface area (Å²) >= 11 is 0. The Kier molecular flexibility index (Phi) is 1.98. The molecule has 0 radical (unpaired) electrons. The molecule has 3 fully saturated rings. The highest BCUT2D eigenvalue weighted by Gasteiger charge is 2.67. The molecular weight excluding hydrogens is 196 g/mol. The molecule has 0 aromatic rings. The van der Waals surface area contributed by atoms with E-state index in [1.54, 1.807) is 0 Å². The van der Waals surface area contributed by atoms with E-state index in [1.807, 2.05) is 0 Å². The number of hydrogen-bond acceptors (Lipinski definition) is 1. The van der Waals surface area contributed by atoms with E-state index in [-0.39, 0.29) is 16.9 Å². The predicted molar refractivity (Wildman–Crippen MR) is 66.1 cm³/mol. The molecule has 3 saturated carbocycles. The van der Waals surface area contributed by atoms with Crippen LogP contribution in [-0.4, -0.2) is 11.2 Å². The van der Waals surface area contributed by atoms with Gasteiger partial charge in [-0.3, -0.25) is 0 Å². The first-order valence-corrected chi connectivity index (χ1v) is 7.01. The molecule has 0 amide bonds. The molecule has 0 aromatic heterocycles. The van der Waals surface area contributed by atoms with Crippen molar-refractivity contribution in [2.24, 2.45) is 28.1 Å². The van der Waals surface area contributed by atoms with Crippen LogP contribution in [0.4, 0.5) is 0 Å². The molecule has 3 aliphatic carbocycles. The van der Waals surface area contributed by atoms with Gasteiger partial charge in [0.1, 0.15) is 0 Å². The summed E-state index contributed by atoms with van der Waals surface area (Å²) in [6.07, 6.45) is 6.55. The molecule has 1 heteroatoms. The van der Waals surface area contributed by atoms with Gasteiger partial charge in [0.05, 0.1) is 6.10 Å². The Bertz CT molecular complexity index is 321. The number of fused-ring (bicyclic) bond motifs is 1. The monoisotopic (exact) mass is 222 g/mol. The van der Waals surface area contributed by atoms with Gasteiger partial charge in [-0.15, -0.1) is 0 Å². The second-order valence-corrected chi connectivity index (χ2v) is 7.82. The first kappa shape index (κ1) is 11.1. The van der Waals surface area contributed by atoms with Gasteiger partial charge in [0.25, 0.3) is 0 Å². The maximum atomic E-state index is 10.7. The molecule has 0 aromatic carbocycles. The lowest BCUT2D eigenvalue weighted by molar-refractivity contribution is -0.138. The molecule has 0 heterocycles. The molecule has 3 aliphatic rings. The average molecular weight is 222 g/mol. The third-order valence-electron chi connectivity index (χ3n) is 6.72. The molecule has 0 saturated heterocycles. The lowest BCUT2D eigenvalue weighted by Gasteiger charge is -2.55. The quantitative estimate of drug-likeness (QED) is 0.664. The Morgan fingerprint density at radius 3 is 2.44 bits per heavy atom. The van der Waals surface area contributed by atoms with Crippen LogP contribution in [0, 0.1) is 28.1 Å². The summed E-state index contributed by atoms with van der Waals surface area (Å²) in [6, 6.07) is 0. The van der Waals surface area contributed by atoms with Gasteiger partial charge in [-0.2, -0.15) is 0 Å². The molecular formula is C15H26O. The van der Waals surface area contributed by atoms with Gasteiger partial charge in [0, 0.05) is 0 Å². The summed E-state index contributed by atoms with van der Waals surface area (Å²) < 4.78 is 0. The van der Waals surface area contributed by atoms with Crippen molar-refractivity contribution in [1.29, 1.82) is 0 Å². The molecule has 1 N–H and O–H groups in total. The number of aliphatic hydroxyl groups is 1. The fourth-order valence-electron chi connectivity index (χ4n) is 5.93. The van der Waals surface area contributed by atoms with E-state index < -0.39 is 0 Å². The van der Waals surface area contributed by atoms with E-state index in [2.05, 4.69) is 27.7 Å². The molecule has 5 atom stereocenters. The summed E-state index contributed by atoms with van der Waals surface area (Å²) in [6.45, 7) is 9.42. The molecule has 0 aliphatic heterocycles. The van der Waals surface area contributed by atoms with Gasteiger partial charge < -0.3 is 5.11 Å². The normalized spacial score (nSPS) is 58.7. The lowest BCUT2D eigenvalue weighted by Crippen LogP contribution is -2.54. The van der Waals surface area contributed by atoms with Crippen molar-refractivity contribution < 1.29 is 5.11 Å². The van der Waals surface area contributed by atoms with Crippen molar-refractivity contribution in [1.82, 2.24) is 0 Å². The van der Waals surface area contributed by atoms with Gasteiger partial charge in [-0.25, -0.2) is 0 Å². The standard InChI is InChI=1S/C15H26O/c1-10-5-6-11-13(2,3)12(16)14(4)7-8-15(10,11)9-14/h10-12,16H,5-9H2,1-4H3/t10-,11-,12+,14-,15+/m1/s1. The van der Waals surface area contributed by atoms with Gasteiger partial charge in [-0.05, 0) is 60.2 Å². The topological polar surface area (TPSA) is 20.2 Å². The zero-order valence-corrected chi connectivity index (χ0v) is 11.2. The molecule has 1 nitrogen and oxygen atoms in total. The maximum Gasteiger partial charge on any atom is 0.0647 e. The van der Waals surface area contributed by atoms with Crippen LogP contribution in [0.3, 0.4) is 0 Å². The van der Waals surface area contributed by atoms with Crippen LogP contribution in [0.25, 0.3) is 0 Å². The van der Waals surface area contributed by atoms with E-state index in [1.165, 1.54) is 32.1 Å². The van der Waals surface area contributed by atoms with Crippen LogP contribution in [-0.2, 0) is 0 Å². The van der Waals surface area contributed by atoms with Crippen LogP contribution in [0.15, 0.2) is 0 Å². The third-order valence-corrected chi connectivity index (χ3v) is 6.72. The van der Waals surface area contributed by atoms with Gasteiger partial charge in [0.2, 0.25) is 0 Å². The van der Waals surface area contributed by atoms with Crippen molar-refractivity contribution in [2.45, 2.75) is 65.9 Å². The molecule has 16 heavy (non-hydrogen) atoms. The van der Waals surface area contributed by atoms with Crippen LogP contribution in [0.5, 0.6) is 0 Å². The van der Waals surface area contributed by atoms with E-state index in [0.717, 1.165) is 11.8 Å². The summed E-state index contributed by atoms with van der Waals surface area (Å²) in [5, 5.41) is 10.7. The lowest BCUT2D eigenvalue weighted by atomic mass is 9.51. The smallest absolute Gasteiger partial charge is 0.0647 e. The largest absolute Gasteiger partial charge is 0.392 e. The zero-order valence-electron chi connectivity index (χ0n) is 11.2. The molecule has 3 rings (SSSR count). The maximum absolute atomic E-state index is 10.7. The zero-order chi connectivity index (χ0) is 11.8. The van der Waals surface area contributed by atoms with E-state index >= 15 is 0 Å². The minimum absolute atomic E-state index is 0.0917. The van der Waals surface area contributed by atoms with E-state index in [9.17, 15) is 5.11 Å². The van der Waals surface area contributed by atoms with Crippen molar-refractivity contribution in [2.75, 3.05) is 0 Å². The second-order valence-electron chi connectivity index (χ2n) is 7.82. The highest BCUT2D eigenvalue weighted by molar-refractivity contribution is 5.16. The van der Waals surface area contributed by atoms with E-state index in [0.29, 0.717) is 5.41 Å². The van der Waals surface area contributed by atoms with Crippen molar-refractivity contribution in [3.63, 3.8) is 0 Å². The van der Waals surface area contributed by atoms with Crippen molar-refractivity contribution >= 4 is 0 Å². The number of hydrogen-bond donors (Lipinski definition) is 1.